The number of aromatic nitrogens is 3. The van der Waals surface area contributed by atoms with Gasteiger partial charge in [0.2, 0.25) is 5.91 Å². The number of nitrogens with one attached hydrogen (secondary N) is 1. The Morgan fingerprint density at radius 1 is 1.09 bits per heavy atom. The summed E-state index contributed by atoms with van der Waals surface area (Å²) in [7, 11) is 1.59. The quantitative estimate of drug-likeness (QED) is 0.249. The number of amides is 1. The summed E-state index contributed by atoms with van der Waals surface area (Å²) >= 11 is 2.58. The number of hydrogen-bond acceptors (Lipinski definition) is 7. The molecule has 1 N–H and O–H groups in total. The summed E-state index contributed by atoms with van der Waals surface area (Å²) in [6, 6.07) is 18.5. The van der Waals surface area contributed by atoms with E-state index in [9.17, 15) is 9.59 Å². The number of thiophene rings is 1. The first kappa shape index (κ1) is 23.1. The van der Waals surface area contributed by atoms with Gasteiger partial charge in [0, 0.05) is 16.8 Å². The van der Waals surface area contributed by atoms with Crippen LogP contribution in [0.1, 0.15) is 11.3 Å². The van der Waals surface area contributed by atoms with Gasteiger partial charge in [0.15, 0.2) is 5.16 Å². The molecule has 0 bridgehead atoms. The lowest BCUT2D eigenvalue weighted by atomic mass is 10.1. The van der Waals surface area contributed by atoms with Crippen LogP contribution < -0.4 is 15.6 Å². The van der Waals surface area contributed by atoms with E-state index >= 15 is 0 Å². The zero-order valence-corrected chi connectivity index (χ0v) is 21.0. The average Bonchev–Trinajstić information content (AvgIpc) is 3.22. The van der Waals surface area contributed by atoms with Gasteiger partial charge in [-0.05, 0) is 61.9 Å². The van der Waals surface area contributed by atoms with E-state index in [0.717, 1.165) is 21.5 Å². The number of methoxy groups -OCH3 is 1. The molecule has 9 heteroatoms. The highest BCUT2D eigenvalue weighted by atomic mass is 32.2. The minimum atomic E-state index is -0.197. The summed E-state index contributed by atoms with van der Waals surface area (Å²) in [5, 5.41) is 4.22. The summed E-state index contributed by atoms with van der Waals surface area (Å²) in [4.78, 5) is 36.7. The molecule has 0 aliphatic rings. The molecule has 0 unspecified atom stereocenters. The number of nitrogens with zero attached hydrogens (tertiary/aromatic N) is 3. The maximum absolute atomic E-state index is 13.7. The average molecular weight is 503 g/mol. The molecule has 3 aromatic heterocycles. The highest BCUT2D eigenvalue weighted by molar-refractivity contribution is 7.99. The Kier molecular flexibility index (Phi) is 6.27. The second-order valence-electron chi connectivity index (χ2n) is 7.98. The summed E-state index contributed by atoms with van der Waals surface area (Å²) in [6.07, 6.45) is 0. The Balaban J connectivity index is 1.55. The predicted molar refractivity (Wildman–Crippen MR) is 142 cm³/mol. The lowest BCUT2D eigenvalue weighted by Gasteiger charge is -2.12. The van der Waals surface area contributed by atoms with E-state index in [4.69, 9.17) is 9.72 Å². The van der Waals surface area contributed by atoms with Crippen molar-refractivity contribution in [3.63, 3.8) is 0 Å². The van der Waals surface area contributed by atoms with Crippen molar-refractivity contribution < 1.29 is 9.53 Å². The molecule has 0 radical (unpaired) electrons. The third-order valence-corrected chi connectivity index (χ3v) is 7.48. The highest BCUT2D eigenvalue weighted by Gasteiger charge is 2.20. The zero-order chi connectivity index (χ0) is 24.5. The molecular weight excluding hydrogens is 480 g/mol. The van der Waals surface area contributed by atoms with Crippen LogP contribution in [0.5, 0.6) is 5.75 Å². The van der Waals surface area contributed by atoms with Gasteiger partial charge in [-0.1, -0.05) is 30.0 Å². The number of fused-ring (bicyclic) bond motifs is 3. The molecule has 1 amide bonds. The molecule has 0 atom stereocenters. The molecule has 35 heavy (non-hydrogen) atoms. The maximum atomic E-state index is 13.7. The Morgan fingerprint density at radius 3 is 2.54 bits per heavy atom. The fourth-order valence-corrected chi connectivity index (χ4v) is 5.88. The number of hydrogen-bond donors (Lipinski definition) is 1. The first-order valence-electron chi connectivity index (χ1n) is 10.9. The molecule has 2 aromatic carbocycles. The summed E-state index contributed by atoms with van der Waals surface area (Å²) < 4.78 is 7.29. The second-order valence-corrected chi connectivity index (χ2v) is 9.92. The number of carbonyl (C=O) groups excluding carboxylic acids is 1. The number of pyridine rings is 1. The molecule has 5 aromatic rings. The normalized spacial score (nSPS) is 11.2. The monoisotopic (exact) mass is 502 g/mol. The number of anilines is 1. The van der Waals surface area contributed by atoms with Gasteiger partial charge in [-0.3, -0.25) is 14.2 Å². The van der Waals surface area contributed by atoms with E-state index in [-0.39, 0.29) is 17.2 Å². The van der Waals surface area contributed by atoms with Gasteiger partial charge in [-0.15, -0.1) is 11.3 Å². The van der Waals surface area contributed by atoms with Crippen molar-refractivity contribution >= 4 is 55.1 Å². The maximum Gasteiger partial charge on any atom is 0.276 e. The predicted octanol–water partition coefficient (Wildman–Crippen LogP) is 5.35. The fraction of sp³-hybridized carbons (Fsp3) is 0.154. The van der Waals surface area contributed by atoms with E-state index in [1.807, 2.05) is 50.2 Å². The van der Waals surface area contributed by atoms with Gasteiger partial charge in [0.05, 0.1) is 24.1 Å². The van der Waals surface area contributed by atoms with E-state index in [1.165, 1.54) is 23.1 Å². The van der Waals surface area contributed by atoms with Gasteiger partial charge in [-0.2, -0.15) is 0 Å². The van der Waals surface area contributed by atoms with Crippen molar-refractivity contribution in [2.45, 2.75) is 19.0 Å². The van der Waals surface area contributed by atoms with Gasteiger partial charge < -0.3 is 10.1 Å². The molecule has 7 nitrogen and oxygen atoms in total. The van der Waals surface area contributed by atoms with Crippen LogP contribution in [0.25, 0.3) is 26.1 Å². The molecule has 3 heterocycles. The zero-order valence-electron chi connectivity index (χ0n) is 19.4. The smallest absolute Gasteiger partial charge is 0.276 e. The third kappa shape index (κ3) is 4.52. The van der Waals surface area contributed by atoms with Crippen LogP contribution in [0, 0.1) is 13.8 Å². The molecular formula is C26H22N4O3S2. The number of ether oxygens (including phenoxy) is 1. The third-order valence-electron chi connectivity index (χ3n) is 5.48. The van der Waals surface area contributed by atoms with Gasteiger partial charge in [0.1, 0.15) is 15.3 Å². The second kappa shape index (κ2) is 9.52. The fourth-order valence-electron chi connectivity index (χ4n) is 3.91. The minimum Gasteiger partial charge on any atom is -0.497 e. The standard InChI is InChI=1S/C26H22N4O3S2/c1-15-13-16(2)27-24-21(15)22-23(35-24)25(32)30(18-7-5-4-6-8-18)26(29-22)34-14-20(31)28-17-9-11-19(33-3)12-10-17/h4-13H,14H2,1-3H3,(H,28,31). The number of aryl methyl sites for hydroxylation is 2. The molecule has 5 rings (SSSR count). The molecule has 0 saturated carbocycles. The molecule has 0 aliphatic heterocycles. The van der Waals surface area contributed by atoms with Crippen LogP contribution in [0.4, 0.5) is 5.69 Å². The number of thioether (sulfide) groups is 1. The number of rotatable bonds is 6. The van der Waals surface area contributed by atoms with Crippen LogP contribution >= 0.6 is 23.1 Å². The van der Waals surface area contributed by atoms with E-state index in [0.29, 0.717) is 32.5 Å². The van der Waals surface area contributed by atoms with Crippen LogP contribution in [0.3, 0.4) is 0 Å². The minimum absolute atomic E-state index is 0.0925. The van der Waals surface area contributed by atoms with Crippen LogP contribution in [0.15, 0.2) is 70.6 Å². The molecule has 176 valence electrons. The van der Waals surface area contributed by atoms with Crippen molar-refractivity contribution in [2.75, 3.05) is 18.2 Å². The van der Waals surface area contributed by atoms with Crippen molar-refractivity contribution in [1.82, 2.24) is 14.5 Å². The lowest BCUT2D eigenvalue weighted by molar-refractivity contribution is -0.113. The Labute approximate surface area is 209 Å². The molecule has 0 fully saturated rings. The first-order valence-corrected chi connectivity index (χ1v) is 12.7. The lowest BCUT2D eigenvalue weighted by Crippen LogP contribution is -2.22. The van der Waals surface area contributed by atoms with Crippen LogP contribution in [-0.4, -0.2) is 33.3 Å². The molecule has 0 aliphatic carbocycles. The Hall–Kier alpha value is -3.69. The number of benzene rings is 2. The molecule has 0 saturated heterocycles. The van der Waals surface area contributed by atoms with Crippen LogP contribution in [0.2, 0.25) is 0 Å². The van der Waals surface area contributed by atoms with Gasteiger partial charge in [0.25, 0.3) is 5.56 Å². The number of carbonyl (C=O) groups is 1. The van der Waals surface area contributed by atoms with Crippen molar-refractivity contribution in [2.24, 2.45) is 0 Å². The van der Waals surface area contributed by atoms with Crippen molar-refractivity contribution in [3.8, 4) is 11.4 Å². The highest BCUT2D eigenvalue weighted by Crippen LogP contribution is 2.34. The van der Waals surface area contributed by atoms with E-state index in [2.05, 4.69) is 10.3 Å². The van der Waals surface area contributed by atoms with E-state index < -0.39 is 0 Å². The van der Waals surface area contributed by atoms with Crippen molar-refractivity contribution in [3.05, 3.63) is 82.3 Å². The number of para-hydroxylation sites is 1. The Morgan fingerprint density at radius 2 is 1.83 bits per heavy atom. The van der Waals surface area contributed by atoms with E-state index in [1.54, 1.807) is 35.9 Å². The summed E-state index contributed by atoms with van der Waals surface area (Å²) in [6.45, 7) is 3.94. The topological polar surface area (TPSA) is 86.1 Å². The largest absolute Gasteiger partial charge is 0.497 e. The Bertz CT molecular complexity index is 1610. The molecule has 0 spiro atoms. The summed E-state index contributed by atoms with van der Waals surface area (Å²) in [5.74, 6) is 0.609. The summed E-state index contributed by atoms with van der Waals surface area (Å²) in [5.41, 5.74) is 3.75. The van der Waals surface area contributed by atoms with Gasteiger partial charge in [-0.25, -0.2) is 9.97 Å². The van der Waals surface area contributed by atoms with Crippen LogP contribution in [-0.2, 0) is 4.79 Å². The SMILES string of the molecule is COc1ccc(NC(=O)CSc2nc3c(sc4nc(C)cc(C)c43)c(=O)n2-c2ccccc2)cc1. The van der Waals surface area contributed by atoms with Crippen molar-refractivity contribution in [1.29, 1.82) is 0 Å². The van der Waals surface area contributed by atoms with Gasteiger partial charge >= 0.3 is 0 Å². The first-order chi connectivity index (χ1) is 16.9.